The van der Waals surface area contributed by atoms with Crippen LogP contribution in [0.5, 0.6) is 11.5 Å². The smallest absolute Gasteiger partial charge is 0.128 e. The van der Waals surface area contributed by atoms with E-state index in [-0.39, 0.29) is 0 Å². The molecule has 4 heteroatoms. The number of aliphatic hydroxyl groups excluding tert-OH is 1. The molecule has 0 spiro atoms. The molecule has 0 amide bonds. The number of benzene rings is 2. The largest absolute Gasteiger partial charge is 0.497 e. The third-order valence-electron chi connectivity index (χ3n) is 3.51. The third-order valence-corrected chi connectivity index (χ3v) is 4.76. The lowest BCUT2D eigenvalue weighted by Crippen LogP contribution is -2.04. The lowest BCUT2D eigenvalue weighted by Gasteiger charge is -2.18. The van der Waals surface area contributed by atoms with Crippen LogP contribution in [0, 0.1) is 13.8 Å². The van der Waals surface area contributed by atoms with Crippen LogP contribution < -0.4 is 9.47 Å². The molecule has 0 radical (unpaired) electrons. The zero-order valence-electron chi connectivity index (χ0n) is 12.6. The fourth-order valence-corrected chi connectivity index (χ4v) is 2.59. The molecule has 0 aromatic heterocycles. The van der Waals surface area contributed by atoms with Gasteiger partial charge in [0.2, 0.25) is 0 Å². The van der Waals surface area contributed by atoms with Gasteiger partial charge in [-0.1, -0.05) is 28.1 Å². The van der Waals surface area contributed by atoms with Gasteiger partial charge in [-0.05, 0) is 42.7 Å². The van der Waals surface area contributed by atoms with Gasteiger partial charge in [-0.15, -0.1) is 0 Å². The molecule has 112 valence electrons. The summed E-state index contributed by atoms with van der Waals surface area (Å²) < 4.78 is 11.6. The minimum Gasteiger partial charge on any atom is -0.497 e. The summed E-state index contributed by atoms with van der Waals surface area (Å²) in [4.78, 5) is 0. The first-order chi connectivity index (χ1) is 9.97. The fraction of sp³-hybridized carbons (Fsp3) is 0.294. The van der Waals surface area contributed by atoms with E-state index >= 15 is 0 Å². The molecule has 0 aliphatic heterocycles. The summed E-state index contributed by atoms with van der Waals surface area (Å²) >= 11 is 3.54. The van der Waals surface area contributed by atoms with Crippen LogP contribution in [0.1, 0.15) is 28.4 Å². The Kier molecular flexibility index (Phi) is 4.91. The van der Waals surface area contributed by atoms with Gasteiger partial charge >= 0.3 is 0 Å². The SMILES string of the molecule is COc1ccc(C(O)c2cc(C)c(Br)c(C)c2)c(OC)c1. The Bertz CT molecular complexity index is 629. The highest BCUT2D eigenvalue weighted by molar-refractivity contribution is 9.10. The van der Waals surface area contributed by atoms with Gasteiger partial charge in [0.25, 0.3) is 0 Å². The number of methoxy groups -OCH3 is 2. The van der Waals surface area contributed by atoms with E-state index in [1.54, 1.807) is 20.3 Å². The second-order valence-electron chi connectivity index (χ2n) is 4.98. The first-order valence-corrected chi connectivity index (χ1v) is 7.44. The normalized spacial score (nSPS) is 12.1. The predicted octanol–water partition coefficient (Wildman–Crippen LogP) is 4.16. The maximum Gasteiger partial charge on any atom is 0.128 e. The molecule has 2 aromatic rings. The molecular formula is C17H19BrO3. The summed E-state index contributed by atoms with van der Waals surface area (Å²) in [6, 6.07) is 9.38. The van der Waals surface area contributed by atoms with E-state index in [0.717, 1.165) is 26.7 Å². The van der Waals surface area contributed by atoms with Gasteiger partial charge in [0.1, 0.15) is 17.6 Å². The molecule has 0 heterocycles. The van der Waals surface area contributed by atoms with Gasteiger partial charge in [-0.2, -0.15) is 0 Å². The fourth-order valence-electron chi connectivity index (χ4n) is 2.36. The van der Waals surface area contributed by atoms with Crippen LogP contribution in [0.3, 0.4) is 0 Å². The molecule has 0 saturated heterocycles. The second kappa shape index (κ2) is 6.50. The van der Waals surface area contributed by atoms with Crippen LogP contribution in [0.2, 0.25) is 0 Å². The van der Waals surface area contributed by atoms with E-state index in [1.165, 1.54) is 0 Å². The molecule has 21 heavy (non-hydrogen) atoms. The summed E-state index contributed by atoms with van der Waals surface area (Å²) in [7, 11) is 3.19. The average molecular weight is 351 g/mol. The van der Waals surface area contributed by atoms with Gasteiger partial charge in [-0.25, -0.2) is 0 Å². The van der Waals surface area contributed by atoms with Crippen molar-refractivity contribution in [3.05, 3.63) is 57.1 Å². The monoisotopic (exact) mass is 350 g/mol. The zero-order chi connectivity index (χ0) is 15.6. The lowest BCUT2D eigenvalue weighted by atomic mass is 9.97. The molecular weight excluding hydrogens is 332 g/mol. The molecule has 0 aliphatic carbocycles. The van der Waals surface area contributed by atoms with Crippen molar-refractivity contribution in [2.24, 2.45) is 0 Å². The number of halogens is 1. The van der Waals surface area contributed by atoms with Gasteiger partial charge in [0, 0.05) is 16.1 Å². The van der Waals surface area contributed by atoms with Gasteiger partial charge < -0.3 is 14.6 Å². The predicted molar refractivity (Wildman–Crippen MR) is 87.2 cm³/mol. The first kappa shape index (κ1) is 15.9. The molecule has 1 unspecified atom stereocenters. The molecule has 1 atom stereocenters. The van der Waals surface area contributed by atoms with Gasteiger partial charge in [-0.3, -0.25) is 0 Å². The van der Waals surface area contributed by atoms with Crippen molar-refractivity contribution in [2.75, 3.05) is 14.2 Å². The van der Waals surface area contributed by atoms with Crippen LogP contribution in [0.4, 0.5) is 0 Å². The number of aryl methyl sites for hydroxylation is 2. The number of ether oxygens (including phenoxy) is 2. The molecule has 1 N–H and O–H groups in total. The van der Waals surface area contributed by atoms with E-state index in [9.17, 15) is 5.11 Å². The average Bonchev–Trinajstić information content (AvgIpc) is 2.50. The summed E-state index contributed by atoms with van der Waals surface area (Å²) in [6.45, 7) is 4.02. The summed E-state index contributed by atoms with van der Waals surface area (Å²) in [5.74, 6) is 1.31. The zero-order valence-corrected chi connectivity index (χ0v) is 14.2. The molecule has 0 bridgehead atoms. The van der Waals surface area contributed by atoms with Crippen molar-refractivity contribution in [1.29, 1.82) is 0 Å². The van der Waals surface area contributed by atoms with Crippen molar-refractivity contribution in [2.45, 2.75) is 20.0 Å². The van der Waals surface area contributed by atoms with Crippen molar-refractivity contribution in [3.8, 4) is 11.5 Å². The molecule has 0 saturated carbocycles. The summed E-state index contributed by atoms with van der Waals surface area (Å²) in [6.07, 6.45) is -0.739. The minimum absolute atomic E-state index is 0.611. The van der Waals surface area contributed by atoms with E-state index in [1.807, 2.05) is 38.1 Å². The first-order valence-electron chi connectivity index (χ1n) is 6.64. The Morgan fingerprint density at radius 1 is 1.00 bits per heavy atom. The van der Waals surface area contributed by atoms with E-state index in [2.05, 4.69) is 15.9 Å². The van der Waals surface area contributed by atoms with Crippen LogP contribution in [-0.2, 0) is 0 Å². The molecule has 2 rings (SSSR count). The highest BCUT2D eigenvalue weighted by Crippen LogP contribution is 2.35. The van der Waals surface area contributed by atoms with Crippen LogP contribution in [-0.4, -0.2) is 19.3 Å². The number of rotatable bonds is 4. The highest BCUT2D eigenvalue weighted by atomic mass is 79.9. The van der Waals surface area contributed by atoms with Crippen LogP contribution in [0.25, 0.3) is 0 Å². The Balaban J connectivity index is 2.47. The summed E-state index contributed by atoms with van der Waals surface area (Å²) in [5, 5.41) is 10.7. The standard InChI is InChI=1S/C17H19BrO3/c1-10-7-12(8-11(2)16(10)18)17(19)14-6-5-13(20-3)9-15(14)21-4/h5-9,17,19H,1-4H3. The molecule has 0 fully saturated rings. The summed E-state index contributed by atoms with van der Waals surface area (Å²) in [5.41, 5.74) is 3.75. The number of hydrogen-bond acceptors (Lipinski definition) is 3. The van der Waals surface area contributed by atoms with Crippen molar-refractivity contribution in [3.63, 3.8) is 0 Å². The topological polar surface area (TPSA) is 38.7 Å². The van der Waals surface area contributed by atoms with E-state index in [4.69, 9.17) is 9.47 Å². The van der Waals surface area contributed by atoms with Crippen LogP contribution in [0.15, 0.2) is 34.8 Å². The van der Waals surface area contributed by atoms with Crippen molar-refractivity contribution >= 4 is 15.9 Å². The third kappa shape index (κ3) is 3.22. The Morgan fingerprint density at radius 3 is 2.14 bits per heavy atom. The van der Waals surface area contributed by atoms with Crippen LogP contribution >= 0.6 is 15.9 Å². The number of hydrogen-bond donors (Lipinski definition) is 1. The second-order valence-corrected chi connectivity index (χ2v) is 5.77. The Hall–Kier alpha value is -1.52. The van der Waals surface area contributed by atoms with Gasteiger partial charge in [0.15, 0.2) is 0 Å². The molecule has 0 aliphatic rings. The van der Waals surface area contributed by atoms with Gasteiger partial charge in [0.05, 0.1) is 14.2 Å². The number of aliphatic hydroxyl groups is 1. The van der Waals surface area contributed by atoms with E-state index in [0.29, 0.717) is 11.5 Å². The van der Waals surface area contributed by atoms with Crippen molar-refractivity contribution in [1.82, 2.24) is 0 Å². The maximum atomic E-state index is 10.7. The van der Waals surface area contributed by atoms with Crippen molar-refractivity contribution < 1.29 is 14.6 Å². The lowest BCUT2D eigenvalue weighted by molar-refractivity contribution is 0.214. The maximum absolute atomic E-state index is 10.7. The quantitative estimate of drug-likeness (QED) is 0.899. The Morgan fingerprint density at radius 2 is 1.62 bits per heavy atom. The Labute approximate surface area is 133 Å². The minimum atomic E-state index is -0.739. The van der Waals surface area contributed by atoms with E-state index < -0.39 is 6.10 Å². The highest BCUT2D eigenvalue weighted by Gasteiger charge is 2.17. The molecule has 2 aromatic carbocycles. The molecule has 3 nitrogen and oxygen atoms in total.